The van der Waals surface area contributed by atoms with E-state index < -0.39 is 12.0 Å². The Kier molecular flexibility index (Phi) is 8.61. The van der Waals surface area contributed by atoms with Gasteiger partial charge in [0.2, 0.25) is 5.95 Å². The number of hydrogen-bond donors (Lipinski definition) is 2. The highest BCUT2D eigenvalue weighted by Crippen LogP contribution is 2.36. The van der Waals surface area contributed by atoms with Gasteiger partial charge in [0, 0.05) is 35.4 Å². The van der Waals surface area contributed by atoms with E-state index in [1.165, 1.54) is 25.3 Å². The summed E-state index contributed by atoms with van der Waals surface area (Å²) < 4.78 is 16.1. The molecule has 1 aliphatic rings. The Morgan fingerprint density at radius 3 is 2.53 bits per heavy atom. The number of carbonyl (C=O) groups excluding carboxylic acids is 2. The first kappa shape index (κ1) is 28.8. The number of rotatable bonds is 9. The molecule has 4 N–H and O–H groups in total. The molecule has 0 saturated heterocycles. The predicted molar refractivity (Wildman–Crippen MR) is 162 cm³/mol. The fourth-order valence-corrected chi connectivity index (χ4v) is 4.77. The summed E-state index contributed by atoms with van der Waals surface area (Å²) in [4.78, 5) is 33.7. The number of anilines is 2. The third-order valence-corrected chi connectivity index (χ3v) is 6.84. The van der Waals surface area contributed by atoms with Crippen molar-refractivity contribution in [2.24, 2.45) is 5.10 Å². The van der Waals surface area contributed by atoms with Crippen LogP contribution in [0.5, 0.6) is 11.5 Å². The largest absolute Gasteiger partial charge is 0.493 e. The third-order valence-electron chi connectivity index (χ3n) is 6.84. The SMILES string of the molecule is COC(=O)COc1c(C=CC(=O)N2N=Cc3ccccc3C2c2ccccc2)cc(Cc2cnc(N)nc2N)cc1OC. The summed E-state index contributed by atoms with van der Waals surface area (Å²) in [5.74, 6) is -0.0100. The lowest BCUT2D eigenvalue weighted by molar-refractivity contribution is -0.143. The van der Waals surface area contributed by atoms with Crippen molar-refractivity contribution in [3.05, 3.63) is 112 Å². The molecular weight excluding hydrogens is 548 g/mol. The molecule has 4 aromatic rings. The highest BCUT2D eigenvalue weighted by atomic mass is 16.6. The molecular formula is C32H30N6O5. The summed E-state index contributed by atoms with van der Waals surface area (Å²) in [7, 11) is 2.75. The Morgan fingerprint density at radius 2 is 1.79 bits per heavy atom. The Labute approximate surface area is 248 Å². The second-order valence-electron chi connectivity index (χ2n) is 9.60. The number of amides is 1. The van der Waals surface area contributed by atoms with Crippen LogP contribution in [0.2, 0.25) is 0 Å². The normalized spacial score (nSPS) is 13.9. The quantitative estimate of drug-likeness (QED) is 0.223. The number of carbonyl (C=O) groups is 2. The van der Waals surface area contributed by atoms with Gasteiger partial charge < -0.3 is 25.7 Å². The zero-order valence-corrected chi connectivity index (χ0v) is 23.6. The van der Waals surface area contributed by atoms with Crippen molar-refractivity contribution < 1.29 is 23.8 Å². The van der Waals surface area contributed by atoms with Gasteiger partial charge in [0.15, 0.2) is 18.1 Å². The van der Waals surface area contributed by atoms with Crippen LogP contribution in [0, 0.1) is 0 Å². The highest BCUT2D eigenvalue weighted by molar-refractivity contribution is 5.95. The lowest BCUT2D eigenvalue weighted by Crippen LogP contribution is -2.33. The third kappa shape index (κ3) is 6.46. The molecule has 0 fully saturated rings. The van der Waals surface area contributed by atoms with Gasteiger partial charge in [-0.1, -0.05) is 54.6 Å². The van der Waals surface area contributed by atoms with Gasteiger partial charge in [-0.05, 0) is 34.9 Å². The number of hydrazone groups is 1. The van der Waals surface area contributed by atoms with Crippen LogP contribution in [-0.4, -0.2) is 53.9 Å². The standard InChI is InChI=1S/C32H30N6O5/c1-41-26-16-20(15-24-17-35-32(34)37-31(24)33)14-22(30(26)43-19-28(40)42-2)12-13-27(39)38-29(21-8-4-3-5-9-21)25-11-7-6-10-23(25)18-36-38/h3-14,16-18,29H,15,19H2,1-2H3,(H4,33,34,35,37). The second-order valence-corrected chi connectivity index (χ2v) is 9.60. The minimum atomic E-state index is -0.573. The number of esters is 1. The van der Waals surface area contributed by atoms with Crippen LogP contribution in [0.4, 0.5) is 11.8 Å². The zero-order chi connectivity index (χ0) is 30.3. The van der Waals surface area contributed by atoms with E-state index in [0.29, 0.717) is 23.3 Å². The molecule has 43 heavy (non-hydrogen) atoms. The van der Waals surface area contributed by atoms with Crippen LogP contribution in [0.15, 0.2) is 84.1 Å². The number of methoxy groups -OCH3 is 2. The van der Waals surface area contributed by atoms with Gasteiger partial charge >= 0.3 is 5.97 Å². The van der Waals surface area contributed by atoms with Crippen molar-refractivity contribution in [3.63, 3.8) is 0 Å². The predicted octanol–water partition coefficient (Wildman–Crippen LogP) is 3.77. The molecule has 0 aliphatic carbocycles. The Hall–Kier alpha value is -5.71. The summed E-state index contributed by atoms with van der Waals surface area (Å²) in [5.41, 5.74) is 16.4. The number of aromatic nitrogens is 2. The van der Waals surface area contributed by atoms with E-state index in [1.54, 1.807) is 30.6 Å². The van der Waals surface area contributed by atoms with E-state index in [-0.39, 0.29) is 30.0 Å². The van der Waals surface area contributed by atoms with Crippen molar-refractivity contribution >= 4 is 35.9 Å². The molecule has 5 rings (SSSR count). The van der Waals surface area contributed by atoms with Gasteiger partial charge in [-0.25, -0.2) is 14.8 Å². The smallest absolute Gasteiger partial charge is 0.343 e. The first-order valence-corrected chi connectivity index (χ1v) is 13.3. The molecule has 0 radical (unpaired) electrons. The minimum Gasteiger partial charge on any atom is -0.493 e. The van der Waals surface area contributed by atoms with E-state index in [0.717, 1.165) is 22.3 Å². The Morgan fingerprint density at radius 1 is 1.02 bits per heavy atom. The molecule has 11 nitrogen and oxygen atoms in total. The maximum absolute atomic E-state index is 13.7. The van der Waals surface area contributed by atoms with E-state index in [2.05, 4.69) is 15.1 Å². The molecule has 1 amide bonds. The topological polar surface area (TPSA) is 155 Å². The summed E-state index contributed by atoms with van der Waals surface area (Å²) in [6, 6.07) is 20.7. The number of benzene rings is 3. The van der Waals surface area contributed by atoms with Crippen molar-refractivity contribution in [1.82, 2.24) is 15.0 Å². The lowest BCUT2D eigenvalue weighted by atomic mass is 9.93. The van der Waals surface area contributed by atoms with Crippen molar-refractivity contribution in [3.8, 4) is 11.5 Å². The van der Waals surface area contributed by atoms with Crippen LogP contribution in [0.1, 0.15) is 39.4 Å². The van der Waals surface area contributed by atoms with E-state index in [1.807, 2.05) is 54.6 Å². The average molecular weight is 579 g/mol. The van der Waals surface area contributed by atoms with Crippen LogP contribution >= 0.6 is 0 Å². The molecule has 1 atom stereocenters. The maximum Gasteiger partial charge on any atom is 0.343 e. The molecule has 0 saturated carbocycles. The molecule has 0 bridgehead atoms. The van der Waals surface area contributed by atoms with Crippen LogP contribution in [0.3, 0.4) is 0 Å². The van der Waals surface area contributed by atoms with Crippen molar-refractivity contribution in [2.45, 2.75) is 12.5 Å². The van der Waals surface area contributed by atoms with E-state index in [9.17, 15) is 9.59 Å². The number of fused-ring (bicyclic) bond motifs is 1. The summed E-state index contributed by atoms with van der Waals surface area (Å²) in [5, 5.41) is 5.95. The number of nitrogen functional groups attached to an aromatic ring is 2. The number of ether oxygens (including phenoxy) is 3. The first-order chi connectivity index (χ1) is 20.9. The van der Waals surface area contributed by atoms with E-state index in [4.69, 9.17) is 25.7 Å². The number of nitrogens with two attached hydrogens (primary N) is 2. The monoisotopic (exact) mass is 578 g/mol. The van der Waals surface area contributed by atoms with Gasteiger partial charge in [-0.15, -0.1) is 0 Å². The second kappa shape index (κ2) is 12.9. The van der Waals surface area contributed by atoms with Crippen molar-refractivity contribution in [2.75, 3.05) is 32.3 Å². The van der Waals surface area contributed by atoms with Gasteiger partial charge in [0.1, 0.15) is 11.9 Å². The maximum atomic E-state index is 13.7. The van der Waals surface area contributed by atoms with Gasteiger partial charge in [0.05, 0.1) is 20.4 Å². The molecule has 1 unspecified atom stereocenters. The fraction of sp³-hybridized carbons (Fsp3) is 0.156. The summed E-state index contributed by atoms with van der Waals surface area (Å²) >= 11 is 0. The molecule has 2 heterocycles. The molecule has 11 heteroatoms. The first-order valence-electron chi connectivity index (χ1n) is 13.3. The molecule has 218 valence electrons. The van der Waals surface area contributed by atoms with Gasteiger partial charge in [-0.2, -0.15) is 10.1 Å². The van der Waals surface area contributed by atoms with Crippen LogP contribution in [0.25, 0.3) is 6.08 Å². The van der Waals surface area contributed by atoms with Gasteiger partial charge in [-0.3, -0.25) is 4.79 Å². The number of hydrogen-bond acceptors (Lipinski definition) is 10. The van der Waals surface area contributed by atoms with Crippen LogP contribution in [-0.2, 0) is 20.7 Å². The minimum absolute atomic E-state index is 0.0734. The lowest BCUT2D eigenvalue weighted by Gasteiger charge is -2.31. The van der Waals surface area contributed by atoms with Gasteiger partial charge in [0.25, 0.3) is 5.91 Å². The molecule has 1 aromatic heterocycles. The highest BCUT2D eigenvalue weighted by Gasteiger charge is 2.30. The van der Waals surface area contributed by atoms with E-state index >= 15 is 0 Å². The molecule has 1 aliphatic heterocycles. The van der Waals surface area contributed by atoms with Crippen molar-refractivity contribution in [1.29, 1.82) is 0 Å². The summed E-state index contributed by atoms with van der Waals surface area (Å²) in [6.07, 6.45) is 6.58. The average Bonchev–Trinajstić information content (AvgIpc) is 3.03. The fourth-order valence-electron chi connectivity index (χ4n) is 4.77. The zero-order valence-electron chi connectivity index (χ0n) is 23.6. The summed E-state index contributed by atoms with van der Waals surface area (Å²) in [6.45, 7) is -0.358. The Bertz CT molecular complexity index is 1710. The molecule has 0 spiro atoms. The number of nitrogens with zero attached hydrogens (tertiary/aromatic N) is 4. The Balaban J connectivity index is 1.51. The van der Waals surface area contributed by atoms with Crippen LogP contribution < -0.4 is 20.9 Å². The molecule has 3 aromatic carbocycles.